The van der Waals surface area contributed by atoms with Crippen LogP contribution in [0.1, 0.15) is 80.6 Å². The van der Waals surface area contributed by atoms with Gasteiger partial charge in [-0.15, -0.1) is 0 Å². The first-order chi connectivity index (χ1) is 26.3. The van der Waals surface area contributed by atoms with E-state index in [-0.39, 0.29) is 37.4 Å². The zero-order valence-electron chi connectivity index (χ0n) is 34.4. The van der Waals surface area contributed by atoms with E-state index in [0.29, 0.717) is 25.8 Å². The van der Waals surface area contributed by atoms with E-state index < -0.39 is 95.2 Å². The van der Waals surface area contributed by atoms with Crippen molar-refractivity contribution < 1.29 is 48.0 Å². The number of rotatable bonds is 10. The number of carbonyl (C=O) groups is 4. The highest BCUT2D eigenvalue weighted by atomic mass is 16.7. The van der Waals surface area contributed by atoms with Gasteiger partial charge in [-0.1, -0.05) is 20.8 Å². The number of hydrogen-bond donors (Lipinski definition) is 4. The number of hydrogen-bond acceptors (Lipinski definition) is 15. The molecule has 56 heavy (non-hydrogen) atoms. The minimum atomic E-state index is -2.08. The number of fused-ring (bicyclic) bond motifs is 1. The van der Waals surface area contributed by atoms with E-state index in [9.17, 15) is 29.1 Å². The van der Waals surface area contributed by atoms with Crippen LogP contribution in [0.4, 0.5) is 10.6 Å². The van der Waals surface area contributed by atoms with E-state index >= 15 is 0 Å². The Morgan fingerprint density at radius 2 is 1.79 bits per heavy atom. The third-order valence-corrected chi connectivity index (χ3v) is 11.7. The highest BCUT2D eigenvalue weighted by Crippen LogP contribution is 2.43. The summed E-state index contributed by atoms with van der Waals surface area (Å²) in [4.78, 5) is 77.8. The summed E-state index contributed by atoms with van der Waals surface area (Å²) in [6.07, 6.45) is -3.01. The Morgan fingerprint density at radius 3 is 2.38 bits per heavy atom. The van der Waals surface area contributed by atoms with Crippen molar-refractivity contribution in [2.24, 2.45) is 23.5 Å². The Balaban J connectivity index is 1.89. The molecular formula is C38H63N7O11. The lowest BCUT2D eigenvalue weighted by Gasteiger charge is -2.46. The quantitative estimate of drug-likeness (QED) is 0.147. The van der Waals surface area contributed by atoms with Crippen LogP contribution in [0.25, 0.3) is 0 Å². The molecule has 0 spiro atoms. The molecule has 3 fully saturated rings. The highest BCUT2D eigenvalue weighted by Gasteiger charge is 2.64. The van der Waals surface area contributed by atoms with E-state index in [0.717, 1.165) is 4.57 Å². The fourth-order valence-electron chi connectivity index (χ4n) is 8.58. The second kappa shape index (κ2) is 18.3. The smallest absolute Gasteiger partial charge is 0.412 e. The van der Waals surface area contributed by atoms with Crippen LogP contribution >= 0.6 is 0 Å². The zero-order chi connectivity index (χ0) is 41.9. The second-order valence-corrected chi connectivity index (χ2v) is 16.1. The second-order valence-electron chi connectivity index (χ2n) is 16.1. The first-order valence-corrected chi connectivity index (χ1v) is 19.6. The van der Waals surface area contributed by atoms with Crippen molar-refractivity contribution in [3.63, 3.8) is 0 Å². The molecule has 0 aliphatic carbocycles. The number of aliphatic hydroxyl groups excluding tert-OH is 1. The van der Waals surface area contributed by atoms with Crippen LogP contribution in [-0.4, -0.2) is 137 Å². The lowest BCUT2D eigenvalue weighted by molar-refractivity contribution is -0.295. The molecule has 3 aliphatic rings. The molecule has 2 unspecified atom stereocenters. The number of nitrogens with two attached hydrogens (primary N) is 2. The third kappa shape index (κ3) is 8.89. The van der Waals surface area contributed by atoms with Crippen molar-refractivity contribution in [2.75, 3.05) is 40.0 Å². The van der Waals surface area contributed by atoms with Gasteiger partial charge in [-0.25, -0.2) is 9.59 Å². The Hall–Kier alpha value is -3.68. The number of carbonyl (C=O) groups excluding carboxylic acids is 4. The van der Waals surface area contributed by atoms with Crippen molar-refractivity contribution >= 4 is 29.6 Å². The number of unbranched alkanes of at least 4 members (excludes halogenated alkanes) is 1. The Kier molecular flexibility index (Phi) is 14.7. The number of amides is 2. The van der Waals surface area contributed by atoms with Gasteiger partial charge in [0.1, 0.15) is 23.9 Å². The van der Waals surface area contributed by atoms with Gasteiger partial charge in [-0.3, -0.25) is 23.9 Å². The molecule has 0 bridgehead atoms. The number of cyclic esters (lactones) is 1. The number of ether oxygens (including phenoxy) is 5. The molecule has 4 rings (SSSR count). The molecule has 0 radical (unpaired) electrons. The van der Waals surface area contributed by atoms with Crippen molar-refractivity contribution in [1.82, 2.24) is 24.7 Å². The van der Waals surface area contributed by atoms with E-state index in [1.54, 1.807) is 34.6 Å². The van der Waals surface area contributed by atoms with Gasteiger partial charge in [0.15, 0.2) is 18.2 Å². The predicted octanol–water partition coefficient (Wildman–Crippen LogP) is 0.962. The van der Waals surface area contributed by atoms with Gasteiger partial charge in [-0.2, -0.15) is 4.98 Å². The minimum absolute atomic E-state index is 0.00608. The first kappa shape index (κ1) is 45.0. The summed E-state index contributed by atoms with van der Waals surface area (Å²) in [6, 6.07) is -1.04. The molecule has 0 saturated carbocycles. The van der Waals surface area contributed by atoms with Crippen LogP contribution in [-0.2, 0) is 43.8 Å². The molecule has 13 atom stereocenters. The van der Waals surface area contributed by atoms with Crippen molar-refractivity contribution in [3.05, 3.63) is 22.7 Å². The van der Waals surface area contributed by atoms with Crippen molar-refractivity contribution in [2.45, 2.75) is 141 Å². The summed E-state index contributed by atoms with van der Waals surface area (Å²) in [5.41, 5.74) is 7.33. The van der Waals surface area contributed by atoms with Gasteiger partial charge in [0.2, 0.25) is 5.91 Å². The van der Waals surface area contributed by atoms with Crippen LogP contribution in [0.15, 0.2) is 17.1 Å². The molecule has 3 aliphatic heterocycles. The fourth-order valence-corrected chi connectivity index (χ4v) is 8.58. The number of ketones is 1. The highest BCUT2D eigenvalue weighted by molar-refractivity contribution is 6.00. The van der Waals surface area contributed by atoms with Gasteiger partial charge < -0.3 is 50.5 Å². The normalized spacial score (nSPS) is 37.7. The number of nitrogens with zero attached hydrogens (tertiary/aromatic N) is 4. The summed E-state index contributed by atoms with van der Waals surface area (Å²) in [7, 11) is 5.13. The van der Waals surface area contributed by atoms with E-state index in [1.807, 2.05) is 25.9 Å². The number of nitrogen functional groups attached to an aromatic ring is 1. The number of methoxy groups -OCH3 is 1. The molecule has 18 nitrogen and oxygen atoms in total. The largest absolute Gasteiger partial charge is 0.455 e. The lowest BCUT2D eigenvalue weighted by Crippen LogP contribution is -2.65. The average molecular weight is 794 g/mol. The van der Waals surface area contributed by atoms with E-state index in [2.05, 4.69) is 10.3 Å². The number of esters is 1. The van der Waals surface area contributed by atoms with Crippen molar-refractivity contribution in [1.29, 1.82) is 0 Å². The monoisotopic (exact) mass is 793 g/mol. The summed E-state index contributed by atoms with van der Waals surface area (Å²) < 4.78 is 32.2. The maximum atomic E-state index is 14.5. The van der Waals surface area contributed by atoms with Gasteiger partial charge in [0.05, 0.1) is 23.9 Å². The number of aromatic nitrogens is 2. The topological polar surface area (TPSA) is 240 Å². The molecule has 6 N–H and O–H groups in total. The Labute approximate surface area is 328 Å². The maximum Gasteiger partial charge on any atom is 0.412 e. The maximum absolute atomic E-state index is 14.5. The van der Waals surface area contributed by atoms with Crippen LogP contribution in [0, 0.1) is 17.8 Å². The van der Waals surface area contributed by atoms with Crippen LogP contribution < -0.4 is 22.5 Å². The lowest BCUT2D eigenvalue weighted by atomic mass is 9.78. The van der Waals surface area contributed by atoms with Gasteiger partial charge in [0, 0.05) is 37.7 Å². The minimum Gasteiger partial charge on any atom is -0.455 e. The molecule has 316 valence electrons. The SMILES string of the molecule is CC[C@H]1OC(=O)[C@H](C)C(=O)[C@H](C)[C@@H](O[C@@H]2O[C@H](C)CC(N(C)C)C2O)[C@](C)(OC)C[C@@H](C)C(=O)N[C@H](C)[C@H]2N(CCCCN)C(=O)O[C@@]12n1ccc(N)nc1=O. The van der Waals surface area contributed by atoms with Crippen molar-refractivity contribution in [3.8, 4) is 0 Å². The number of anilines is 1. The molecular weight excluding hydrogens is 730 g/mol. The molecule has 18 heteroatoms. The molecule has 1 aromatic rings. The standard InChI is InChI=1S/C38H63N7O11/c1-11-26-38(45-17-14-27(40)42-35(45)50)30(44(36(51)56-38)16-13-12-15-39)24(6)41-32(48)20(2)19-37(7,52-10)31(22(4)28(46)23(5)33(49)54-26)55-34-29(47)25(43(8)9)18-21(3)53-34/h14,17,20-26,29-31,34,47H,11-13,15-16,18-19,39H2,1-10H3,(H,41,48)(H2,40,42,50)/t20-,21-,22+,23-,24-,25?,26-,29?,30-,31-,34+,37-,38+/m1/s1. The molecule has 2 amide bonds. The zero-order valence-corrected chi connectivity index (χ0v) is 34.4. The Morgan fingerprint density at radius 1 is 1.11 bits per heavy atom. The average Bonchev–Trinajstić information content (AvgIpc) is 3.43. The summed E-state index contributed by atoms with van der Waals surface area (Å²) in [5, 5.41) is 14.5. The van der Waals surface area contributed by atoms with Crippen LogP contribution in [0.3, 0.4) is 0 Å². The molecule has 4 heterocycles. The first-order valence-electron chi connectivity index (χ1n) is 19.6. The summed E-state index contributed by atoms with van der Waals surface area (Å²) in [5.74, 6) is -5.32. The van der Waals surface area contributed by atoms with Gasteiger partial charge in [0.25, 0.3) is 5.72 Å². The third-order valence-electron chi connectivity index (χ3n) is 11.7. The van der Waals surface area contributed by atoms with Gasteiger partial charge in [-0.05, 0) is 86.5 Å². The Bertz CT molecular complexity index is 1630. The number of likely N-dealkylation sites (N-methyl/N-ethyl adjacent to an activating group) is 1. The fraction of sp³-hybridized carbons (Fsp3) is 0.789. The van der Waals surface area contributed by atoms with Crippen LogP contribution in [0.5, 0.6) is 0 Å². The molecule has 3 saturated heterocycles. The molecule has 1 aromatic heterocycles. The number of Topliss-reactive ketones (excluding diaryl/α,β-unsaturated/α-hetero) is 1. The van der Waals surface area contributed by atoms with Crippen LogP contribution in [0.2, 0.25) is 0 Å². The summed E-state index contributed by atoms with van der Waals surface area (Å²) >= 11 is 0. The predicted molar refractivity (Wildman–Crippen MR) is 204 cm³/mol. The molecule has 0 aromatic carbocycles. The number of nitrogens with one attached hydrogen (secondary N) is 1. The summed E-state index contributed by atoms with van der Waals surface area (Å²) in [6.45, 7) is 12.1. The van der Waals surface area contributed by atoms with E-state index in [4.69, 9.17) is 35.2 Å². The van der Waals surface area contributed by atoms with E-state index in [1.165, 1.54) is 31.2 Å². The number of aliphatic hydroxyl groups is 1. The van der Waals surface area contributed by atoms with Gasteiger partial charge >= 0.3 is 17.8 Å².